The predicted octanol–water partition coefficient (Wildman–Crippen LogP) is 10.7. The van der Waals surface area contributed by atoms with Gasteiger partial charge in [0.25, 0.3) is 0 Å². The van der Waals surface area contributed by atoms with Gasteiger partial charge in [0, 0.05) is 22.5 Å². The number of nitrogens with zero attached hydrogens (tertiary/aromatic N) is 1. The molecule has 0 fully saturated rings. The van der Waals surface area contributed by atoms with Crippen molar-refractivity contribution >= 4 is 28.4 Å². The molecule has 0 radical (unpaired) electrons. The summed E-state index contributed by atoms with van der Waals surface area (Å²) < 4.78 is 71.7. The summed E-state index contributed by atoms with van der Waals surface area (Å²) in [5, 5.41) is 22.7. The first-order chi connectivity index (χ1) is 19.9. The lowest BCUT2D eigenvalue weighted by atomic mass is 9.71. The fourth-order valence-corrected chi connectivity index (χ4v) is 5.87. The molecule has 44 heavy (non-hydrogen) atoms. The molecule has 1 aliphatic heterocycles. The third-order valence-electron chi connectivity index (χ3n) is 7.91. The van der Waals surface area contributed by atoms with E-state index < -0.39 is 27.3 Å². The Hall–Kier alpha value is -1.66. The van der Waals surface area contributed by atoms with Crippen LogP contribution in [0.1, 0.15) is 126 Å². The second-order valence-corrected chi connectivity index (χ2v) is 16.2. The van der Waals surface area contributed by atoms with Crippen molar-refractivity contribution in [3.63, 3.8) is 0 Å². The van der Waals surface area contributed by atoms with Crippen LogP contribution in [0.15, 0.2) is 35.2 Å². The lowest BCUT2D eigenvalue weighted by molar-refractivity contribution is 0.0970. The van der Waals surface area contributed by atoms with Crippen LogP contribution in [0, 0.1) is 10.8 Å². The molecule has 1 aromatic carbocycles. The minimum atomic E-state index is -9.85. The lowest BCUT2D eigenvalue weighted by Gasteiger charge is -2.40. The molecule has 0 amide bonds. The highest BCUT2D eigenvalue weighted by molar-refractivity contribution is 8.45. The summed E-state index contributed by atoms with van der Waals surface area (Å²) in [7, 11) is -9.85. The van der Waals surface area contributed by atoms with Gasteiger partial charge in [0.2, 0.25) is 0 Å². The molecule has 11 heteroatoms. The third-order valence-corrected chi connectivity index (χ3v) is 9.08. The van der Waals surface area contributed by atoms with Crippen LogP contribution in [-0.4, -0.2) is 34.7 Å². The molecule has 2 aliphatic rings. The molecule has 2 atom stereocenters. The van der Waals surface area contributed by atoms with E-state index in [1.54, 1.807) is 6.26 Å². The number of thiol groups is 1. The Balaban J connectivity index is 0.000000755. The van der Waals surface area contributed by atoms with E-state index in [1.807, 2.05) is 33.8 Å². The molecule has 1 aliphatic carbocycles. The van der Waals surface area contributed by atoms with Crippen LogP contribution in [0.2, 0.25) is 0 Å². The Kier molecular flexibility index (Phi) is 11.6. The number of halogens is 5. The molecule has 0 saturated heterocycles. The van der Waals surface area contributed by atoms with Crippen LogP contribution in [0.4, 0.5) is 19.4 Å². The van der Waals surface area contributed by atoms with Gasteiger partial charge in [-0.2, -0.15) is 12.6 Å². The average Bonchev–Trinajstić information content (AvgIpc) is 2.91. The Bertz CT molecular complexity index is 1320. The quantitative estimate of drug-likeness (QED) is 0.219. The molecule has 2 N–H and O–H groups in total. The maximum atomic E-state index is 13.3. The van der Waals surface area contributed by atoms with Crippen LogP contribution >= 0.6 is 22.9 Å². The van der Waals surface area contributed by atoms with Crippen molar-refractivity contribution in [3.05, 3.63) is 64.0 Å². The summed E-state index contributed by atoms with van der Waals surface area (Å²) in [6.07, 6.45) is 4.17. The van der Waals surface area contributed by atoms with Crippen LogP contribution in [0.25, 0.3) is 5.57 Å². The molecule has 2 aromatic rings. The molecule has 4 rings (SSSR count). The number of aliphatic hydroxyl groups excluding tert-OH is 2. The van der Waals surface area contributed by atoms with Gasteiger partial charge >= 0.3 is 10.2 Å². The van der Waals surface area contributed by atoms with Crippen molar-refractivity contribution < 1.29 is 34.4 Å². The number of pyridine rings is 1. The summed E-state index contributed by atoms with van der Waals surface area (Å²) >= 11 is 3.53. The van der Waals surface area contributed by atoms with E-state index in [4.69, 9.17) is 9.72 Å². The lowest BCUT2D eigenvalue weighted by Crippen LogP contribution is -2.30. The molecule has 0 saturated carbocycles. The summed E-state index contributed by atoms with van der Waals surface area (Å²) in [5.74, 6) is -0.162. The van der Waals surface area contributed by atoms with E-state index in [0.717, 1.165) is 23.4 Å². The maximum Gasteiger partial charge on any atom is 0.310 e. The van der Waals surface area contributed by atoms with E-state index in [-0.39, 0.29) is 16.9 Å². The SMILES string of the molecule is CC(C)c1nc2c(c(C3=CCOCC3)c1C(O)c1ccc(S(F)(F)(F)(F)F)cc1)C(O)CC(C)(C)C2.CCC(C)(C)C.CS. The Morgan fingerprint density at radius 3 is 2.05 bits per heavy atom. The van der Waals surface area contributed by atoms with Crippen LogP contribution < -0.4 is 0 Å². The van der Waals surface area contributed by atoms with Crippen molar-refractivity contribution in [2.75, 3.05) is 19.5 Å². The number of fused-ring (bicyclic) bond motifs is 1. The van der Waals surface area contributed by atoms with E-state index in [0.29, 0.717) is 72.4 Å². The predicted molar refractivity (Wildman–Crippen MR) is 175 cm³/mol. The van der Waals surface area contributed by atoms with Gasteiger partial charge in [0.05, 0.1) is 19.3 Å². The number of aromatic nitrogens is 1. The largest absolute Gasteiger partial charge is 0.388 e. The average molecular weight is 668 g/mol. The van der Waals surface area contributed by atoms with Gasteiger partial charge in [-0.05, 0) is 71.1 Å². The highest BCUT2D eigenvalue weighted by atomic mass is 32.5. The van der Waals surface area contributed by atoms with E-state index in [9.17, 15) is 29.6 Å². The molecule has 252 valence electrons. The van der Waals surface area contributed by atoms with Crippen molar-refractivity contribution in [2.24, 2.45) is 10.8 Å². The van der Waals surface area contributed by atoms with Gasteiger partial charge < -0.3 is 14.9 Å². The third kappa shape index (κ3) is 9.92. The Morgan fingerprint density at radius 2 is 1.61 bits per heavy atom. The standard InChI is InChI=1S/C26H32F5NO3S.C6H14.CH4S/c1-15(2)24-23(25(34)17-5-7-18(8-6-17)36(27,28,29,30)31)21(16-9-11-35-12-10-16)22-19(32-24)13-26(3,4)14-20(22)33;1-5-6(2,3)4;1-2/h5-9,15,20,25,33-34H,10-14H2,1-4H3;5H2,1-4H3;2H,1H3. The van der Waals surface area contributed by atoms with Gasteiger partial charge in [0.1, 0.15) is 11.0 Å². The second-order valence-electron chi connectivity index (χ2n) is 13.8. The summed E-state index contributed by atoms with van der Waals surface area (Å²) in [6, 6.07) is 2.38. The van der Waals surface area contributed by atoms with Crippen molar-refractivity contribution in [3.8, 4) is 0 Å². The highest BCUT2D eigenvalue weighted by Crippen LogP contribution is 3.02. The zero-order chi connectivity index (χ0) is 34.0. The normalized spacial score (nSPS) is 20.5. The minimum absolute atomic E-state index is 0.0313. The zero-order valence-corrected chi connectivity index (χ0v) is 29.1. The van der Waals surface area contributed by atoms with E-state index in [1.165, 1.54) is 6.42 Å². The topological polar surface area (TPSA) is 62.6 Å². The first-order valence-corrected chi connectivity index (χ1v) is 17.8. The molecule has 0 bridgehead atoms. The molecular formula is C33H50F5NO3S2. The monoisotopic (exact) mass is 667 g/mol. The van der Waals surface area contributed by atoms with Gasteiger partial charge in [0.15, 0.2) is 0 Å². The molecule has 2 unspecified atom stereocenters. The number of ether oxygens (including phenoxy) is 1. The number of rotatable bonds is 5. The highest BCUT2D eigenvalue weighted by Gasteiger charge is 2.65. The van der Waals surface area contributed by atoms with Gasteiger partial charge in [-0.25, -0.2) is 0 Å². The molecule has 1 aromatic heterocycles. The summed E-state index contributed by atoms with van der Waals surface area (Å²) in [5.41, 5.74) is 4.17. The smallest absolute Gasteiger partial charge is 0.310 e. The Morgan fingerprint density at radius 1 is 1.07 bits per heavy atom. The number of hydrogen-bond donors (Lipinski definition) is 3. The fourth-order valence-electron chi connectivity index (χ4n) is 5.22. The molecule has 2 heterocycles. The first-order valence-electron chi connectivity index (χ1n) is 14.9. The molecule has 0 spiro atoms. The summed E-state index contributed by atoms with van der Waals surface area (Å²) in [6.45, 7) is 17.6. The minimum Gasteiger partial charge on any atom is -0.388 e. The van der Waals surface area contributed by atoms with Crippen LogP contribution in [0.5, 0.6) is 0 Å². The number of aliphatic hydroxyl groups is 2. The van der Waals surface area contributed by atoms with Gasteiger partial charge in [-0.15, -0.1) is 0 Å². The zero-order valence-electron chi connectivity index (χ0n) is 27.4. The molecule has 4 nitrogen and oxygen atoms in total. The van der Waals surface area contributed by atoms with Crippen LogP contribution in [0.3, 0.4) is 0 Å². The fraction of sp³-hybridized carbons (Fsp3) is 0.606. The molecular weight excluding hydrogens is 617 g/mol. The second kappa shape index (κ2) is 13.2. The van der Waals surface area contributed by atoms with Crippen molar-refractivity contribution in [1.29, 1.82) is 0 Å². The number of hydrogen-bond acceptors (Lipinski definition) is 5. The number of benzene rings is 1. The van der Waals surface area contributed by atoms with E-state index in [2.05, 4.69) is 40.3 Å². The summed E-state index contributed by atoms with van der Waals surface area (Å²) in [4.78, 5) is 2.86. The van der Waals surface area contributed by atoms with Crippen molar-refractivity contribution in [2.45, 2.75) is 104 Å². The maximum absolute atomic E-state index is 13.3. The van der Waals surface area contributed by atoms with Crippen molar-refractivity contribution in [1.82, 2.24) is 4.98 Å². The first kappa shape index (κ1) is 38.5. The van der Waals surface area contributed by atoms with Gasteiger partial charge in [-0.3, -0.25) is 4.98 Å². The Labute approximate surface area is 265 Å². The van der Waals surface area contributed by atoms with Gasteiger partial charge in [-0.1, -0.05) is 99.4 Å². The van der Waals surface area contributed by atoms with Crippen LogP contribution in [-0.2, 0) is 11.2 Å². The van der Waals surface area contributed by atoms with E-state index >= 15 is 0 Å².